The largest absolute Gasteiger partial charge is 0.379 e. The van der Waals surface area contributed by atoms with Crippen molar-refractivity contribution in [2.75, 3.05) is 26.9 Å². The van der Waals surface area contributed by atoms with Gasteiger partial charge in [-0.1, -0.05) is 17.7 Å². The number of rotatable bonds is 6. The minimum absolute atomic E-state index is 0.0782. The van der Waals surface area contributed by atoms with E-state index >= 15 is 0 Å². The van der Waals surface area contributed by atoms with E-state index in [2.05, 4.69) is 15.6 Å². The van der Waals surface area contributed by atoms with E-state index in [1.807, 2.05) is 6.92 Å². The van der Waals surface area contributed by atoms with Crippen LogP contribution < -0.4 is 10.6 Å². The van der Waals surface area contributed by atoms with E-state index in [1.165, 1.54) is 6.07 Å². The summed E-state index contributed by atoms with van der Waals surface area (Å²) >= 11 is 6.15. The van der Waals surface area contributed by atoms with Gasteiger partial charge in [0.1, 0.15) is 5.82 Å². The van der Waals surface area contributed by atoms with Crippen LogP contribution in [0.15, 0.2) is 23.2 Å². The van der Waals surface area contributed by atoms with Crippen LogP contribution in [0.4, 0.5) is 4.39 Å². The van der Waals surface area contributed by atoms with Crippen molar-refractivity contribution in [2.45, 2.75) is 43.9 Å². The van der Waals surface area contributed by atoms with E-state index in [-0.39, 0.29) is 29.9 Å². The Morgan fingerprint density at radius 2 is 2.36 bits per heavy atom. The second-order valence-electron chi connectivity index (χ2n) is 6.66. The van der Waals surface area contributed by atoms with Crippen LogP contribution in [0.1, 0.15) is 31.2 Å². The number of hydrogen-bond acceptors (Lipinski definition) is 3. The molecule has 4 unspecified atom stereocenters. The summed E-state index contributed by atoms with van der Waals surface area (Å²) in [5, 5.41) is 7.13. The van der Waals surface area contributed by atoms with Gasteiger partial charge in [0.25, 0.3) is 0 Å². The molecule has 25 heavy (non-hydrogen) atoms. The number of benzene rings is 1. The van der Waals surface area contributed by atoms with Gasteiger partial charge in [0.15, 0.2) is 5.96 Å². The van der Waals surface area contributed by atoms with Crippen molar-refractivity contribution < 1.29 is 13.9 Å². The summed E-state index contributed by atoms with van der Waals surface area (Å²) in [7, 11) is 1.72. The van der Waals surface area contributed by atoms with Gasteiger partial charge in [0.2, 0.25) is 0 Å². The Morgan fingerprint density at radius 1 is 1.52 bits per heavy atom. The van der Waals surface area contributed by atoms with Crippen LogP contribution in [-0.2, 0) is 9.47 Å². The van der Waals surface area contributed by atoms with E-state index in [4.69, 9.17) is 21.1 Å². The minimum Gasteiger partial charge on any atom is -0.379 e. The van der Waals surface area contributed by atoms with E-state index in [0.29, 0.717) is 29.8 Å². The van der Waals surface area contributed by atoms with Gasteiger partial charge in [-0.3, -0.25) is 4.99 Å². The highest BCUT2D eigenvalue weighted by molar-refractivity contribution is 6.31. The molecule has 0 bridgehead atoms. The predicted molar refractivity (Wildman–Crippen MR) is 96.8 cm³/mol. The van der Waals surface area contributed by atoms with Gasteiger partial charge in [0.05, 0.1) is 19.3 Å². The standard InChI is InChI=1S/C18H25ClFN3O2/c1-11(9-25-12-6-7-24-10-12)22-18(21-2)23-16-8-13(16)17-14(19)4-3-5-15(17)20/h3-5,11-13,16H,6-10H2,1-2H3,(H2,21,22,23). The zero-order valence-electron chi connectivity index (χ0n) is 14.6. The van der Waals surface area contributed by atoms with Crippen LogP contribution in [0.25, 0.3) is 0 Å². The molecule has 2 N–H and O–H groups in total. The van der Waals surface area contributed by atoms with Gasteiger partial charge in [-0.05, 0) is 31.9 Å². The fourth-order valence-corrected chi connectivity index (χ4v) is 3.39. The zero-order valence-corrected chi connectivity index (χ0v) is 15.4. The van der Waals surface area contributed by atoms with Gasteiger partial charge in [-0.15, -0.1) is 0 Å². The van der Waals surface area contributed by atoms with E-state index < -0.39 is 0 Å². The van der Waals surface area contributed by atoms with Gasteiger partial charge in [-0.25, -0.2) is 4.39 Å². The molecular formula is C18H25ClFN3O2. The first-order chi connectivity index (χ1) is 12.1. The molecule has 1 aromatic rings. The Bertz CT molecular complexity index is 602. The van der Waals surface area contributed by atoms with E-state index in [9.17, 15) is 4.39 Å². The first-order valence-corrected chi connectivity index (χ1v) is 9.09. The summed E-state index contributed by atoms with van der Waals surface area (Å²) in [6.45, 7) is 4.08. The number of guanidine groups is 1. The maximum Gasteiger partial charge on any atom is 0.191 e. The lowest BCUT2D eigenvalue weighted by Crippen LogP contribution is -2.45. The number of hydrogen-bond donors (Lipinski definition) is 2. The normalized spacial score (nSPS) is 27.2. The van der Waals surface area contributed by atoms with Gasteiger partial charge >= 0.3 is 0 Å². The zero-order chi connectivity index (χ0) is 17.8. The Morgan fingerprint density at radius 3 is 3.04 bits per heavy atom. The molecule has 0 amide bonds. The first-order valence-electron chi connectivity index (χ1n) is 8.71. The average Bonchev–Trinajstić information content (AvgIpc) is 3.12. The topological polar surface area (TPSA) is 54.9 Å². The van der Waals surface area contributed by atoms with Crippen molar-refractivity contribution in [3.05, 3.63) is 34.6 Å². The van der Waals surface area contributed by atoms with Crippen molar-refractivity contribution in [3.8, 4) is 0 Å². The average molecular weight is 370 g/mol. The molecule has 5 nitrogen and oxygen atoms in total. The molecule has 2 aliphatic rings. The number of halogens is 2. The molecule has 0 aromatic heterocycles. The summed E-state index contributed by atoms with van der Waals surface area (Å²) < 4.78 is 25.1. The SMILES string of the molecule is CN=C(NC(C)COC1CCOC1)NC1CC1c1c(F)cccc1Cl. The highest BCUT2D eigenvalue weighted by atomic mass is 35.5. The molecular weight excluding hydrogens is 345 g/mol. The Hall–Kier alpha value is -1.37. The van der Waals surface area contributed by atoms with Crippen molar-refractivity contribution in [1.82, 2.24) is 10.6 Å². The Labute approximate surface area is 152 Å². The summed E-state index contributed by atoms with van der Waals surface area (Å²) in [6.07, 6.45) is 1.98. The number of ether oxygens (including phenoxy) is 2. The Balaban J connectivity index is 1.47. The van der Waals surface area contributed by atoms with Crippen LogP contribution in [0.3, 0.4) is 0 Å². The quantitative estimate of drug-likeness (QED) is 0.598. The summed E-state index contributed by atoms with van der Waals surface area (Å²) in [5.74, 6) is 0.526. The molecule has 0 spiro atoms. The lowest BCUT2D eigenvalue weighted by Gasteiger charge is -2.20. The molecule has 1 saturated heterocycles. The highest BCUT2D eigenvalue weighted by Crippen LogP contribution is 2.44. The van der Waals surface area contributed by atoms with Crippen molar-refractivity contribution in [1.29, 1.82) is 0 Å². The molecule has 4 atom stereocenters. The van der Waals surface area contributed by atoms with Crippen LogP contribution in [0, 0.1) is 5.82 Å². The smallest absolute Gasteiger partial charge is 0.191 e. The summed E-state index contributed by atoms with van der Waals surface area (Å²) in [4.78, 5) is 4.25. The van der Waals surface area contributed by atoms with E-state index in [1.54, 1.807) is 19.2 Å². The minimum atomic E-state index is -0.245. The molecule has 1 aliphatic heterocycles. The van der Waals surface area contributed by atoms with Crippen LogP contribution >= 0.6 is 11.6 Å². The maximum absolute atomic E-state index is 14.0. The number of nitrogens with one attached hydrogen (secondary N) is 2. The summed E-state index contributed by atoms with van der Waals surface area (Å²) in [6, 6.07) is 5.06. The third kappa shape index (κ3) is 4.84. The fourth-order valence-electron chi connectivity index (χ4n) is 3.08. The van der Waals surface area contributed by atoms with Gasteiger partial charge in [0, 0.05) is 42.2 Å². The van der Waals surface area contributed by atoms with Crippen LogP contribution in [0.5, 0.6) is 0 Å². The molecule has 3 rings (SSSR count). The number of nitrogens with zero attached hydrogens (tertiary/aromatic N) is 1. The van der Waals surface area contributed by atoms with Crippen molar-refractivity contribution >= 4 is 17.6 Å². The molecule has 138 valence electrons. The molecule has 1 aliphatic carbocycles. The molecule has 1 aromatic carbocycles. The van der Waals surface area contributed by atoms with E-state index in [0.717, 1.165) is 19.4 Å². The fraction of sp³-hybridized carbons (Fsp3) is 0.611. The van der Waals surface area contributed by atoms with Crippen molar-refractivity contribution in [3.63, 3.8) is 0 Å². The molecule has 1 heterocycles. The first kappa shape index (κ1) is 18.4. The second kappa shape index (κ2) is 8.34. The molecule has 2 fully saturated rings. The van der Waals surface area contributed by atoms with Crippen LogP contribution in [0.2, 0.25) is 5.02 Å². The molecule has 0 radical (unpaired) electrons. The second-order valence-corrected chi connectivity index (χ2v) is 7.07. The predicted octanol–water partition coefficient (Wildman–Crippen LogP) is 2.69. The number of aliphatic imine (C=N–C) groups is 1. The third-order valence-electron chi connectivity index (χ3n) is 4.56. The van der Waals surface area contributed by atoms with Crippen molar-refractivity contribution in [2.24, 2.45) is 4.99 Å². The molecule has 7 heteroatoms. The lowest BCUT2D eigenvalue weighted by atomic mass is 10.1. The monoisotopic (exact) mass is 369 g/mol. The highest BCUT2D eigenvalue weighted by Gasteiger charge is 2.42. The van der Waals surface area contributed by atoms with Gasteiger partial charge in [-0.2, -0.15) is 0 Å². The Kier molecular flexibility index (Phi) is 6.15. The molecule has 1 saturated carbocycles. The maximum atomic E-state index is 14.0. The lowest BCUT2D eigenvalue weighted by molar-refractivity contribution is 0.0347. The summed E-state index contributed by atoms with van der Waals surface area (Å²) in [5.41, 5.74) is 0.592. The van der Waals surface area contributed by atoms with Gasteiger partial charge < -0.3 is 20.1 Å². The third-order valence-corrected chi connectivity index (χ3v) is 4.89. The van der Waals surface area contributed by atoms with Crippen LogP contribution in [-0.4, -0.2) is 51.0 Å².